The number of carbonyl (C=O) groups excluding carboxylic acids is 1. The summed E-state index contributed by atoms with van der Waals surface area (Å²) >= 11 is 0. The summed E-state index contributed by atoms with van der Waals surface area (Å²) in [5, 5.41) is 3.11. The first-order valence-electron chi connectivity index (χ1n) is 10.00. The zero-order valence-corrected chi connectivity index (χ0v) is 18.6. The van der Waals surface area contributed by atoms with E-state index in [-0.39, 0.29) is 11.5 Å². The molecule has 0 amide bonds. The van der Waals surface area contributed by atoms with E-state index >= 15 is 0 Å². The lowest BCUT2D eigenvalue weighted by Crippen LogP contribution is -2.13. The molecule has 3 aromatic carbocycles. The molecule has 0 saturated carbocycles. The Labute approximate surface area is 194 Å². The van der Waals surface area contributed by atoms with Gasteiger partial charge in [0.2, 0.25) is 0 Å². The first kappa shape index (κ1) is 23.0. The minimum absolute atomic E-state index is 0.0211. The SMILES string of the molecule is CC(=O)c1ccc(-c2cc(Nc3ccc(NS(=O)(=O)c4ccc(F)c(F)c4)cc3)ncn2)cc1. The highest BCUT2D eigenvalue weighted by Crippen LogP contribution is 2.24. The highest BCUT2D eigenvalue weighted by atomic mass is 32.2. The molecule has 0 atom stereocenters. The largest absolute Gasteiger partial charge is 0.340 e. The molecule has 0 fully saturated rings. The summed E-state index contributed by atoms with van der Waals surface area (Å²) in [5.41, 5.74) is 2.95. The van der Waals surface area contributed by atoms with Crippen LogP contribution in [-0.2, 0) is 10.0 Å². The molecule has 0 aliphatic heterocycles. The van der Waals surface area contributed by atoms with Gasteiger partial charge in [-0.2, -0.15) is 0 Å². The van der Waals surface area contributed by atoms with Crippen molar-refractivity contribution in [3.05, 3.63) is 96.3 Å². The van der Waals surface area contributed by atoms with Gasteiger partial charge in [-0.15, -0.1) is 0 Å². The van der Waals surface area contributed by atoms with Gasteiger partial charge in [0, 0.05) is 28.6 Å². The molecule has 34 heavy (non-hydrogen) atoms. The van der Waals surface area contributed by atoms with Crippen LogP contribution in [0.25, 0.3) is 11.3 Å². The van der Waals surface area contributed by atoms with Gasteiger partial charge in [-0.05, 0) is 49.4 Å². The number of hydrogen-bond acceptors (Lipinski definition) is 6. The first-order valence-corrected chi connectivity index (χ1v) is 11.5. The van der Waals surface area contributed by atoms with Crippen LogP contribution >= 0.6 is 0 Å². The van der Waals surface area contributed by atoms with Crippen molar-refractivity contribution in [2.45, 2.75) is 11.8 Å². The van der Waals surface area contributed by atoms with E-state index in [2.05, 4.69) is 20.0 Å². The molecule has 4 aromatic rings. The van der Waals surface area contributed by atoms with Crippen LogP contribution in [0.3, 0.4) is 0 Å². The molecule has 0 saturated heterocycles. The molecular weight excluding hydrogens is 462 g/mol. The fourth-order valence-corrected chi connectivity index (χ4v) is 4.16. The molecule has 0 bridgehead atoms. The number of Topliss-reactive ketones (excluding diaryl/α,β-unsaturated/α-hetero) is 1. The second-order valence-electron chi connectivity index (χ2n) is 7.31. The van der Waals surface area contributed by atoms with E-state index in [1.807, 2.05) is 0 Å². The minimum atomic E-state index is -4.09. The standard InChI is InChI=1S/C24H18F2N4O3S/c1-15(31)16-2-4-17(5-3-16)23-13-24(28-14-27-23)29-18-6-8-19(9-7-18)30-34(32,33)20-10-11-21(25)22(26)12-20/h2-14,30H,1H3,(H,27,28,29). The van der Waals surface area contributed by atoms with Crippen LogP contribution < -0.4 is 10.0 Å². The van der Waals surface area contributed by atoms with E-state index in [9.17, 15) is 22.0 Å². The lowest BCUT2D eigenvalue weighted by Gasteiger charge is -2.10. The van der Waals surface area contributed by atoms with Crippen LogP contribution in [0, 0.1) is 11.6 Å². The molecule has 4 rings (SSSR count). The minimum Gasteiger partial charge on any atom is -0.340 e. The molecular formula is C24H18F2N4O3S. The normalized spacial score (nSPS) is 11.1. The van der Waals surface area contributed by atoms with Crippen LogP contribution in [0.2, 0.25) is 0 Å². The maximum absolute atomic E-state index is 13.4. The Balaban J connectivity index is 1.47. The molecule has 1 heterocycles. The zero-order valence-electron chi connectivity index (χ0n) is 17.8. The number of benzene rings is 3. The third-order valence-electron chi connectivity index (χ3n) is 4.87. The van der Waals surface area contributed by atoms with Gasteiger partial charge in [-0.25, -0.2) is 27.2 Å². The fraction of sp³-hybridized carbons (Fsp3) is 0.0417. The second kappa shape index (κ2) is 9.36. The highest BCUT2D eigenvalue weighted by Gasteiger charge is 2.16. The number of halogens is 2. The number of sulfonamides is 1. The van der Waals surface area contributed by atoms with Gasteiger partial charge in [0.1, 0.15) is 12.1 Å². The van der Waals surface area contributed by atoms with E-state index in [1.165, 1.54) is 25.4 Å². The summed E-state index contributed by atoms with van der Waals surface area (Å²) < 4.78 is 53.6. The second-order valence-corrected chi connectivity index (χ2v) is 8.99. The van der Waals surface area contributed by atoms with Gasteiger partial charge in [-0.1, -0.05) is 24.3 Å². The van der Waals surface area contributed by atoms with Gasteiger partial charge < -0.3 is 5.32 Å². The molecule has 0 unspecified atom stereocenters. The van der Waals surface area contributed by atoms with Crippen molar-refractivity contribution in [2.75, 3.05) is 10.0 Å². The van der Waals surface area contributed by atoms with Crippen molar-refractivity contribution in [1.82, 2.24) is 9.97 Å². The zero-order chi connectivity index (χ0) is 24.3. The molecule has 1 aromatic heterocycles. The summed E-state index contributed by atoms with van der Waals surface area (Å²) in [6.45, 7) is 1.50. The van der Waals surface area contributed by atoms with E-state index in [1.54, 1.807) is 42.5 Å². The summed E-state index contributed by atoms with van der Waals surface area (Å²) in [7, 11) is -4.09. The third-order valence-corrected chi connectivity index (χ3v) is 6.24. The number of rotatable bonds is 7. The molecule has 2 N–H and O–H groups in total. The molecule has 0 aliphatic carbocycles. The molecule has 0 spiro atoms. The van der Waals surface area contributed by atoms with E-state index in [4.69, 9.17) is 0 Å². The quantitative estimate of drug-likeness (QED) is 0.354. The van der Waals surface area contributed by atoms with Crippen molar-refractivity contribution >= 4 is 33.0 Å². The Bertz CT molecular complexity index is 1460. The summed E-state index contributed by atoms with van der Waals surface area (Å²) in [6, 6.07) is 17.5. The van der Waals surface area contributed by atoms with Gasteiger partial charge in [-0.3, -0.25) is 9.52 Å². The van der Waals surface area contributed by atoms with E-state index < -0.39 is 26.6 Å². The Kier molecular flexibility index (Phi) is 6.33. The maximum Gasteiger partial charge on any atom is 0.261 e. The molecule has 0 radical (unpaired) electrons. The lowest BCUT2D eigenvalue weighted by molar-refractivity contribution is 0.101. The number of aromatic nitrogens is 2. The van der Waals surface area contributed by atoms with Crippen LogP contribution in [0.5, 0.6) is 0 Å². The van der Waals surface area contributed by atoms with Gasteiger partial charge in [0.05, 0.1) is 10.6 Å². The van der Waals surface area contributed by atoms with Crippen molar-refractivity contribution < 1.29 is 22.0 Å². The van der Waals surface area contributed by atoms with Crippen molar-refractivity contribution in [1.29, 1.82) is 0 Å². The number of nitrogens with zero attached hydrogens (tertiary/aromatic N) is 2. The van der Waals surface area contributed by atoms with Gasteiger partial charge in [0.25, 0.3) is 10.0 Å². The topological polar surface area (TPSA) is 101 Å². The Hall–Kier alpha value is -4.18. The van der Waals surface area contributed by atoms with Gasteiger partial charge in [0.15, 0.2) is 17.4 Å². The predicted molar refractivity (Wildman–Crippen MR) is 124 cm³/mol. The number of ketones is 1. The Morgan fingerprint density at radius 2 is 1.50 bits per heavy atom. The van der Waals surface area contributed by atoms with Crippen molar-refractivity contribution in [3.63, 3.8) is 0 Å². The highest BCUT2D eigenvalue weighted by molar-refractivity contribution is 7.92. The van der Waals surface area contributed by atoms with E-state index in [0.717, 1.165) is 17.7 Å². The number of anilines is 3. The van der Waals surface area contributed by atoms with Crippen LogP contribution in [-0.4, -0.2) is 24.2 Å². The average molecular weight is 480 g/mol. The van der Waals surface area contributed by atoms with Crippen molar-refractivity contribution in [3.8, 4) is 11.3 Å². The van der Waals surface area contributed by atoms with Crippen LogP contribution in [0.15, 0.2) is 84.0 Å². The first-order chi connectivity index (χ1) is 16.2. The lowest BCUT2D eigenvalue weighted by atomic mass is 10.1. The number of hydrogen-bond donors (Lipinski definition) is 2. The molecule has 0 aliphatic rings. The third kappa shape index (κ3) is 5.24. The fourth-order valence-electron chi connectivity index (χ4n) is 3.09. The number of carbonyl (C=O) groups is 1. The molecule has 10 heteroatoms. The Morgan fingerprint density at radius 3 is 2.15 bits per heavy atom. The summed E-state index contributed by atoms with van der Waals surface area (Å²) in [5.74, 6) is -1.89. The van der Waals surface area contributed by atoms with Crippen LogP contribution in [0.4, 0.5) is 26.0 Å². The molecule has 7 nitrogen and oxygen atoms in total. The predicted octanol–water partition coefficient (Wildman–Crippen LogP) is 5.17. The molecule has 172 valence electrons. The smallest absolute Gasteiger partial charge is 0.261 e. The summed E-state index contributed by atoms with van der Waals surface area (Å²) in [4.78, 5) is 19.5. The van der Waals surface area contributed by atoms with Crippen molar-refractivity contribution in [2.24, 2.45) is 0 Å². The van der Waals surface area contributed by atoms with E-state index in [0.29, 0.717) is 28.8 Å². The monoisotopic (exact) mass is 480 g/mol. The van der Waals surface area contributed by atoms with Gasteiger partial charge >= 0.3 is 0 Å². The maximum atomic E-state index is 13.4. The number of nitrogens with one attached hydrogen (secondary N) is 2. The van der Waals surface area contributed by atoms with Crippen LogP contribution in [0.1, 0.15) is 17.3 Å². The average Bonchev–Trinajstić information content (AvgIpc) is 2.82. The summed E-state index contributed by atoms with van der Waals surface area (Å²) in [6.07, 6.45) is 1.40. The Morgan fingerprint density at radius 1 is 0.824 bits per heavy atom.